The summed E-state index contributed by atoms with van der Waals surface area (Å²) in [5, 5.41) is 2.85. The molecule has 1 aliphatic heterocycles. The number of ether oxygens (including phenoxy) is 2. The third kappa shape index (κ3) is 4.39. The zero-order valence-corrected chi connectivity index (χ0v) is 15.7. The Bertz CT molecular complexity index is 835. The molecule has 0 radical (unpaired) electrons. The number of fused-ring (bicyclic) bond motifs is 1. The summed E-state index contributed by atoms with van der Waals surface area (Å²) < 4.78 is 10.8. The third-order valence-electron chi connectivity index (χ3n) is 4.51. The highest BCUT2D eigenvalue weighted by Crippen LogP contribution is 2.30. The van der Waals surface area contributed by atoms with Crippen molar-refractivity contribution in [3.63, 3.8) is 0 Å². The maximum Gasteiger partial charge on any atom is 0.262 e. The molecule has 2 amide bonds. The largest absolute Gasteiger partial charge is 0.493 e. The first-order valence-corrected chi connectivity index (χ1v) is 9.11. The van der Waals surface area contributed by atoms with Gasteiger partial charge in [-0.3, -0.25) is 9.59 Å². The summed E-state index contributed by atoms with van der Waals surface area (Å²) >= 11 is 0. The van der Waals surface area contributed by atoms with Gasteiger partial charge >= 0.3 is 0 Å². The van der Waals surface area contributed by atoms with E-state index >= 15 is 0 Å². The minimum atomic E-state index is -0.252. The van der Waals surface area contributed by atoms with Gasteiger partial charge in [0.1, 0.15) is 0 Å². The lowest BCUT2D eigenvalue weighted by molar-refractivity contribution is -0.119. The second-order valence-electron chi connectivity index (χ2n) is 6.33. The normalized spacial score (nSPS) is 12.9. The summed E-state index contributed by atoms with van der Waals surface area (Å²) in [7, 11) is 1.56. The van der Waals surface area contributed by atoms with Crippen molar-refractivity contribution in [2.75, 3.05) is 30.5 Å². The predicted molar refractivity (Wildman–Crippen MR) is 105 cm³/mol. The fourth-order valence-electron chi connectivity index (χ4n) is 3.20. The van der Waals surface area contributed by atoms with E-state index in [4.69, 9.17) is 9.47 Å². The van der Waals surface area contributed by atoms with Crippen molar-refractivity contribution in [3.05, 3.63) is 48.0 Å². The molecule has 0 spiro atoms. The predicted octanol–water partition coefficient (Wildman–Crippen LogP) is 3.40. The Morgan fingerprint density at radius 3 is 2.67 bits per heavy atom. The highest BCUT2D eigenvalue weighted by Gasteiger charge is 2.21. The van der Waals surface area contributed by atoms with Gasteiger partial charge in [-0.05, 0) is 48.7 Å². The summed E-state index contributed by atoms with van der Waals surface area (Å²) in [6.45, 7) is 2.50. The highest BCUT2D eigenvalue weighted by molar-refractivity contribution is 5.96. The summed E-state index contributed by atoms with van der Waals surface area (Å²) in [6.07, 6.45) is 2.30. The number of nitrogens with zero attached hydrogens (tertiary/aromatic N) is 1. The van der Waals surface area contributed by atoms with Crippen LogP contribution >= 0.6 is 0 Å². The van der Waals surface area contributed by atoms with Gasteiger partial charge in [-0.15, -0.1) is 0 Å². The van der Waals surface area contributed by atoms with Crippen LogP contribution in [0.15, 0.2) is 42.5 Å². The summed E-state index contributed by atoms with van der Waals surface area (Å²) in [5.41, 5.74) is 2.72. The van der Waals surface area contributed by atoms with Gasteiger partial charge in [0.05, 0.1) is 7.11 Å². The van der Waals surface area contributed by atoms with E-state index < -0.39 is 0 Å². The average Bonchev–Trinajstić information content (AvgIpc) is 2.71. The molecule has 2 aromatic rings. The van der Waals surface area contributed by atoms with E-state index in [1.807, 2.05) is 42.2 Å². The van der Waals surface area contributed by atoms with Gasteiger partial charge in [-0.2, -0.15) is 0 Å². The third-order valence-corrected chi connectivity index (χ3v) is 4.51. The molecule has 0 aromatic heterocycles. The van der Waals surface area contributed by atoms with Crippen molar-refractivity contribution in [3.8, 4) is 11.5 Å². The lowest BCUT2D eigenvalue weighted by atomic mass is 10.0. The van der Waals surface area contributed by atoms with E-state index in [1.54, 1.807) is 19.2 Å². The molecular formula is C21H24N2O4. The number of hydrogen-bond donors (Lipinski definition) is 1. The van der Waals surface area contributed by atoms with E-state index in [-0.39, 0.29) is 18.4 Å². The number of aryl methyl sites for hydroxylation is 1. The van der Waals surface area contributed by atoms with Gasteiger partial charge in [0.25, 0.3) is 5.91 Å². The molecule has 6 nitrogen and oxygen atoms in total. The topological polar surface area (TPSA) is 67.9 Å². The zero-order valence-electron chi connectivity index (χ0n) is 15.7. The van der Waals surface area contributed by atoms with Crippen LogP contribution in [-0.4, -0.2) is 32.1 Å². The molecule has 0 atom stereocenters. The second kappa shape index (κ2) is 8.58. The van der Waals surface area contributed by atoms with E-state index in [1.165, 1.54) is 0 Å². The lowest BCUT2D eigenvalue weighted by Crippen LogP contribution is -2.34. The Kier molecular flexibility index (Phi) is 5.96. The maximum atomic E-state index is 12.2. The fraction of sp³-hybridized carbons (Fsp3) is 0.333. The van der Waals surface area contributed by atoms with Crippen LogP contribution in [-0.2, 0) is 16.0 Å². The van der Waals surface area contributed by atoms with Crippen molar-refractivity contribution in [1.82, 2.24) is 0 Å². The van der Waals surface area contributed by atoms with Crippen LogP contribution in [0, 0.1) is 0 Å². The van der Waals surface area contributed by atoms with Crippen molar-refractivity contribution in [2.24, 2.45) is 0 Å². The first kappa shape index (κ1) is 18.8. The van der Waals surface area contributed by atoms with Gasteiger partial charge < -0.3 is 19.7 Å². The Labute approximate surface area is 159 Å². The number of carbonyl (C=O) groups excluding carboxylic acids is 2. The standard InChI is InChI=1S/C21H24N2O4/c1-3-21(25)23-12-6-7-15-13-16(10-11-17(15)23)22-20(24)14-27-19-9-5-4-8-18(19)26-2/h4-5,8-11,13H,3,6-7,12,14H2,1-2H3,(H,22,24). The molecule has 6 heteroatoms. The van der Waals surface area contributed by atoms with Crippen LogP contribution in [0.5, 0.6) is 11.5 Å². The minimum Gasteiger partial charge on any atom is -0.493 e. The van der Waals surface area contributed by atoms with Crippen molar-refractivity contribution in [1.29, 1.82) is 0 Å². The van der Waals surface area contributed by atoms with Gasteiger partial charge in [-0.1, -0.05) is 19.1 Å². The van der Waals surface area contributed by atoms with Crippen LogP contribution < -0.4 is 19.7 Å². The van der Waals surface area contributed by atoms with E-state index in [0.29, 0.717) is 23.6 Å². The lowest BCUT2D eigenvalue weighted by Gasteiger charge is -2.29. The average molecular weight is 368 g/mol. The number of benzene rings is 2. The Balaban J connectivity index is 1.64. The SMILES string of the molecule is CCC(=O)N1CCCc2cc(NC(=O)COc3ccccc3OC)ccc21. The molecule has 1 aliphatic rings. The summed E-state index contributed by atoms with van der Waals surface area (Å²) in [6, 6.07) is 12.9. The molecule has 2 aromatic carbocycles. The summed E-state index contributed by atoms with van der Waals surface area (Å²) in [5.74, 6) is 0.977. The van der Waals surface area contributed by atoms with Crippen LogP contribution in [0.3, 0.4) is 0 Å². The molecule has 0 aliphatic carbocycles. The van der Waals surface area contributed by atoms with Gasteiger partial charge in [0.2, 0.25) is 5.91 Å². The maximum absolute atomic E-state index is 12.2. The molecule has 0 unspecified atom stereocenters. The molecule has 142 valence electrons. The van der Waals surface area contributed by atoms with E-state index in [0.717, 1.165) is 30.6 Å². The molecule has 0 bridgehead atoms. The minimum absolute atomic E-state index is 0.113. The Morgan fingerprint density at radius 1 is 1.15 bits per heavy atom. The number of carbonyl (C=O) groups is 2. The first-order chi connectivity index (χ1) is 13.1. The van der Waals surface area contributed by atoms with Crippen LogP contribution in [0.4, 0.5) is 11.4 Å². The number of amides is 2. The number of nitrogens with one attached hydrogen (secondary N) is 1. The second-order valence-corrected chi connectivity index (χ2v) is 6.33. The summed E-state index contributed by atoms with van der Waals surface area (Å²) in [4.78, 5) is 26.2. The number of methoxy groups -OCH3 is 1. The highest BCUT2D eigenvalue weighted by atomic mass is 16.5. The molecule has 1 heterocycles. The van der Waals surface area contributed by atoms with Crippen LogP contribution in [0.25, 0.3) is 0 Å². The molecule has 0 fully saturated rings. The van der Waals surface area contributed by atoms with Gasteiger partial charge in [0.15, 0.2) is 18.1 Å². The number of para-hydroxylation sites is 2. The number of rotatable bonds is 6. The molecular weight excluding hydrogens is 344 g/mol. The smallest absolute Gasteiger partial charge is 0.262 e. The van der Waals surface area contributed by atoms with Crippen LogP contribution in [0.1, 0.15) is 25.3 Å². The molecule has 0 saturated carbocycles. The zero-order chi connectivity index (χ0) is 19.2. The fourth-order valence-corrected chi connectivity index (χ4v) is 3.20. The van der Waals surface area contributed by atoms with Crippen molar-refractivity contribution >= 4 is 23.2 Å². The molecule has 27 heavy (non-hydrogen) atoms. The first-order valence-electron chi connectivity index (χ1n) is 9.11. The van der Waals surface area contributed by atoms with Crippen molar-refractivity contribution < 1.29 is 19.1 Å². The number of hydrogen-bond acceptors (Lipinski definition) is 4. The van der Waals surface area contributed by atoms with Gasteiger partial charge in [-0.25, -0.2) is 0 Å². The molecule has 1 N–H and O–H groups in total. The van der Waals surface area contributed by atoms with E-state index in [9.17, 15) is 9.59 Å². The molecule has 3 rings (SSSR count). The van der Waals surface area contributed by atoms with Crippen LogP contribution in [0.2, 0.25) is 0 Å². The Morgan fingerprint density at radius 2 is 1.93 bits per heavy atom. The quantitative estimate of drug-likeness (QED) is 0.849. The monoisotopic (exact) mass is 368 g/mol. The Hall–Kier alpha value is -3.02. The van der Waals surface area contributed by atoms with E-state index in [2.05, 4.69) is 5.32 Å². The van der Waals surface area contributed by atoms with Gasteiger partial charge in [0, 0.05) is 24.3 Å². The van der Waals surface area contributed by atoms with Crippen molar-refractivity contribution in [2.45, 2.75) is 26.2 Å². The number of anilines is 2. The molecule has 0 saturated heterocycles.